The monoisotopic (exact) mass is 946 g/mol. The summed E-state index contributed by atoms with van der Waals surface area (Å²) in [7, 11) is 0. The molecule has 0 aromatic heterocycles. The number of nitriles is 2. The van der Waals surface area contributed by atoms with Gasteiger partial charge in [0, 0.05) is 22.3 Å². The Kier molecular flexibility index (Phi) is 11.7. The molecule has 0 amide bonds. The topological polar surface area (TPSA) is 127 Å². The summed E-state index contributed by atoms with van der Waals surface area (Å²) in [5.41, 5.74) is 13.1. The van der Waals surface area contributed by atoms with Crippen LogP contribution < -0.4 is 9.47 Å². The Labute approximate surface area is 421 Å². The van der Waals surface area contributed by atoms with E-state index in [0.717, 1.165) is 55.6 Å². The number of hydrogen-bond acceptors (Lipinski definition) is 8. The van der Waals surface area contributed by atoms with Crippen molar-refractivity contribution >= 4 is 23.1 Å². The minimum Gasteiger partial charge on any atom is -0.490 e. The molecule has 3 aliphatic rings. The number of rotatable bonds is 12. The van der Waals surface area contributed by atoms with Crippen molar-refractivity contribution in [3.8, 4) is 57.0 Å². The molecule has 0 saturated carbocycles. The molecule has 0 radical (unpaired) electrons. The van der Waals surface area contributed by atoms with Crippen LogP contribution in [0, 0.1) is 35.8 Å². The van der Waals surface area contributed by atoms with Crippen LogP contribution in [-0.2, 0) is 14.9 Å². The smallest absolute Gasteiger partial charge is 0.338 e. The van der Waals surface area contributed by atoms with E-state index in [1.165, 1.54) is 0 Å². The van der Waals surface area contributed by atoms with Crippen LogP contribution in [0.5, 0.6) is 11.5 Å². The molecule has 0 spiro atoms. The average Bonchev–Trinajstić information content (AvgIpc) is 4.07. The van der Waals surface area contributed by atoms with Crippen LogP contribution in [-0.4, -0.2) is 38.4 Å². The first kappa shape index (κ1) is 45.2. The molecular formula is C63H38N4O6. The van der Waals surface area contributed by atoms with Crippen molar-refractivity contribution in [1.29, 1.82) is 10.5 Å². The first-order valence-electron chi connectivity index (χ1n) is 23.4. The summed E-state index contributed by atoms with van der Waals surface area (Å²) in [5.74, 6) is 0.134. The molecule has 0 atom stereocenters. The maximum absolute atomic E-state index is 13.6. The maximum atomic E-state index is 13.6. The van der Waals surface area contributed by atoms with Gasteiger partial charge in [0.1, 0.15) is 37.9 Å². The Hall–Kier alpha value is -10.3. The number of carbonyl (C=O) groups is 2. The van der Waals surface area contributed by atoms with Crippen LogP contribution in [0.15, 0.2) is 193 Å². The second kappa shape index (κ2) is 18.9. The molecular weight excluding hydrogens is 909 g/mol. The zero-order valence-electron chi connectivity index (χ0n) is 38.9. The normalized spacial score (nSPS) is 13.9. The van der Waals surface area contributed by atoms with Gasteiger partial charge in [0.2, 0.25) is 0 Å². The molecule has 0 fully saturated rings. The SMILES string of the molecule is [C-]#[N+]/C(C#N)=C1/c2ccccc2-c2c(C(=O)OCCOc3ccc(C4(c5ccc(OCCOC(=O)c6cccc7c6-c6ccccc6/C7=C(/C#N)[N+]#[C-])cc5)c5ccccc5-c5ccccc54)cc3)cccc21. The van der Waals surface area contributed by atoms with Crippen molar-refractivity contribution in [3.05, 3.63) is 272 Å². The Morgan fingerprint density at radius 3 is 1.16 bits per heavy atom. The molecule has 73 heavy (non-hydrogen) atoms. The number of allylic oxidation sites excluding steroid dienone is 2. The van der Waals surface area contributed by atoms with Gasteiger partial charge in [-0.05, 0) is 103 Å². The van der Waals surface area contributed by atoms with Crippen LogP contribution in [0.25, 0.3) is 54.2 Å². The molecule has 8 aromatic rings. The summed E-state index contributed by atoms with van der Waals surface area (Å²) >= 11 is 0. The zero-order valence-corrected chi connectivity index (χ0v) is 38.9. The average molecular weight is 947 g/mol. The summed E-state index contributed by atoms with van der Waals surface area (Å²) in [6.45, 7) is 15.4. The number of esters is 2. The third-order valence-corrected chi connectivity index (χ3v) is 13.6. The van der Waals surface area contributed by atoms with E-state index in [1.807, 2.05) is 97.1 Å². The standard InChI is InChI=1S/C63H38N4O6/c1-66-55(37-64)59-47-17-5-3-15-45(47)57-49(59)19-11-21-51(57)61(68)72-35-33-70-41-29-25-39(26-30-41)63(53-23-9-7-13-43(53)44-14-8-10-24-54(44)63)40-27-31-42(32-28-40)71-34-36-73-62(69)52-22-12-20-50-58(52)46-16-4-6-18-48(46)60(50)56(38-65)67-2/h3-32H,33-36H2/b59-55-,60-56+. The minimum atomic E-state index is -0.700. The predicted molar refractivity (Wildman–Crippen MR) is 276 cm³/mol. The van der Waals surface area contributed by atoms with Crippen molar-refractivity contribution in [3.63, 3.8) is 0 Å². The Balaban J connectivity index is 0.790. The highest BCUT2D eigenvalue weighted by molar-refractivity contribution is 6.11. The van der Waals surface area contributed by atoms with Crippen LogP contribution in [0.2, 0.25) is 0 Å². The van der Waals surface area contributed by atoms with E-state index < -0.39 is 17.4 Å². The van der Waals surface area contributed by atoms with Gasteiger partial charge < -0.3 is 18.9 Å². The quantitative estimate of drug-likeness (QED) is 0.0513. The Morgan fingerprint density at radius 2 is 0.781 bits per heavy atom. The van der Waals surface area contributed by atoms with E-state index in [0.29, 0.717) is 56.0 Å². The highest BCUT2D eigenvalue weighted by atomic mass is 16.6. The van der Waals surface area contributed by atoms with Gasteiger partial charge in [-0.2, -0.15) is 0 Å². The first-order valence-corrected chi connectivity index (χ1v) is 23.4. The molecule has 0 bridgehead atoms. The summed E-state index contributed by atoms with van der Waals surface area (Å²) in [6, 6.07) is 62.2. The van der Waals surface area contributed by atoms with Crippen LogP contribution in [0.4, 0.5) is 0 Å². The molecule has 11 rings (SSSR count). The van der Waals surface area contributed by atoms with E-state index in [2.05, 4.69) is 82.5 Å². The molecule has 8 aromatic carbocycles. The van der Waals surface area contributed by atoms with Crippen molar-refractivity contribution in [2.45, 2.75) is 5.41 Å². The van der Waals surface area contributed by atoms with Gasteiger partial charge in [0.15, 0.2) is 0 Å². The summed E-state index contributed by atoms with van der Waals surface area (Å²) in [6.07, 6.45) is 0. The third kappa shape index (κ3) is 7.47. The fourth-order valence-electron chi connectivity index (χ4n) is 10.7. The van der Waals surface area contributed by atoms with Crippen molar-refractivity contribution in [1.82, 2.24) is 0 Å². The number of fused-ring (bicyclic) bond motifs is 9. The van der Waals surface area contributed by atoms with Gasteiger partial charge in [-0.3, -0.25) is 0 Å². The molecule has 10 nitrogen and oxygen atoms in total. The van der Waals surface area contributed by atoms with Gasteiger partial charge in [-0.1, -0.05) is 146 Å². The Bertz CT molecular complexity index is 3560. The predicted octanol–water partition coefficient (Wildman–Crippen LogP) is 12.9. The largest absolute Gasteiger partial charge is 0.490 e. The number of nitrogens with zero attached hydrogens (tertiary/aromatic N) is 4. The number of benzene rings is 8. The summed E-state index contributed by atoms with van der Waals surface area (Å²) in [4.78, 5) is 34.2. The van der Waals surface area contributed by atoms with Crippen molar-refractivity contribution < 1.29 is 28.5 Å². The molecule has 0 aliphatic heterocycles. The second-order valence-electron chi connectivity index (χ2n) is 17.3. The van der Waals surface area contributed by atoms with Crippen LogP contribution in [0.3, 0.4) is 0 Å². The lowest BCUT2D eigenvalue weighted by atomic mass is 9.68. The second-order valence-corrected chi connectivity index (χ2v) is 17.3. The molecule has 10 heteroatoms. The lowest BCUT2D eigenvalue weighted by Gasteiger charge is -2.34. The van der Waals surface area contributed by atoms with E-state index in [9.17, 15) is 20.1 Å². The van der Waals surface area contributed by atoms with E-state index in [1.54, 1.807) is 24.3 Å². The summed E-state index contributed by atoms with van der Waals surface area (Å²) in [5, 5.41) is 19.5. The van der Waals surface area contributed by atoms with Crippen LogP contribution in [0.1, 0.15) is 65.2 Å². The zero-order chi connectivity index (χ0) is 50.1. The molecule has 0 heterocycles. The highest BCUT2D eigenvalue weighted by Gasteiger charge is 2.46. The van der Waals surface area contributed by atoms with Crippen LogP contribution >= 0.6 is 0 Å². The molecule has 0 unspecified atom stereocenters. The van der Waals surface area contributed by atoms with Gasteiger partial charge in [-0.15, -0.1) is 0 Å². The number of ether oxygens (including phenoxy) is 4. The van der Waals surface area contributed by atoms with Gasteiger partial charge in [-0.25, -0.2) is 29.8 Å². The number of carbonyl (C=O) groups excluding carboxylic acids is 2. The lowest BCUT2D eigenvalue weighted by Crippen LogP contribution is -2.28. The van der Waals surface area contributed by atoms with Gasteiger partial charge in [0.25, 0.3) is 11.4 Å². The maximum Gasteiger partial charge on any atom is 0.338 e. The molecule has 346 valence electrons. The minimum absolute atomic E-state index is 0.0139. The van der Waals surface area contributed by atoms with E-state index in [4.69, 9.17) is 32.1 Å². The first-order chi connectivity index (χ1) is 35.9. The highest BCUT2D eigenvalue weighted by Crippen LogP contribution is 2.56. The Morgan fingerprint density at radius 1 is 0.425 bits per heavy atom. The molecule has 3 aliphatic carbocycles. The van der Waals surface area contributed by atoms with Crippen molar-refractivity contribution in [2.75, 3.05) is 26.4 Å². The van der Waals surface area contributed by atoms with Gasteiger partial charge in [0.05, 0.1) is 41.8 Å². The van der Waals surface area contributed by atoms with E-state index >= 15 is 0 Å². The van der Waals surface area contributed by atoms with E-state index in [-0.39, 0.29) is 37.8 Å². The third-order valence-electron chi connectivity index (χ3n) is 13.6. The molecule has 0 N–H and O–H groups in total. The summed E-state index contributed by atoms with van der Waals surface area (Å²) < 4.78 is 23.8. The fourth-order valence-corrected chi connectivity index (χ4v) is 10.7. The van der Waals surface area contributed by atoms with Crippen molar-refractivity contribution in [2.24, 2.45) is 0 Å². The van der Waals surface area contributed by atoms with Gasteiger partial charge >= 0.3 is 11.9 Å². The molecule has 0 saturated heterocycles. The number of hydrogen-bond donors (Lipinski definition) is 0. The lowest BCUT2D eigenvalue weighted by molar-refractivity contribution is 0.0443. The fraction of sp³-hybridized carbons (Fsp3) is 0.0794.